The molecule has 1 unspecified atom stereocenters. The molecule has 0 aliphatic carbocycles. The summed E-state index contributed by atoms with van der Waals surface area (Å²) in [6.07, 6.45) is 0. The summed E-state index contributed by atoms with van der Waals surface area (Å²) in [4.78, 5) is 17.6. The molecule has 2 aliphatic rings. The summed E-state index contributed by atoms with van der Waals surface area (Å²) in [5.74, 6) is 0.640. The first kappa shape index (κ1) is 16.9. The lowest BCUT2D eigenvalue weighted by molar-refractivity contribution is -0.116. The smallest absolute Gasteiger partial charge is 0.260 e. The molecular formula is C15H15ClN4O3S2. The Labute approximate surface area is 154 Å². The zero-order chi connectivity index (χ0) is 17.8. The van der Waals surface area contributed by atoms with Gasteiger partial charge in [0.15, 0.2) is 15.3 Å². The number of anilines is 1. The van der Waals surface area contributed by atoms with Crippen LogP contribution in [0.3, 0.4) is 0 Å². The molecule has 1 aromatic heterocycles. The molecule has 132 valence electrons. The van der Waals surface area contributed by atoms with Gasteiger partial charge in [-0.25, -0.2) is 18.1 Å². The number of imidazole rings is 1. The zero-order valence-electron chi connectivity index (χ0n) is 13.3. The number of hydrogen-bond acceptors (Lipinski definition) is 5. The van der Waals surface area contributed by atoms with E-state index in [-0.39, 0.29) is 22.6 Å². The quantitative estimate of drug-likeness (QED) is 0.855. The Morgan fingerprint density at radius 2 is 2.16 bits per heavy atom. The number of thioether (sulfide) groups is 1. The second-order valence-corrected chi connectivity index (χ2v) is 8.90. The predicted molar refractivity (Wildman–Crippen MR) is 95.5 cm³/mol. The number of nitrogens with one attached hydrogen (secondary N) is 1. The second-order valence-electron chi connectivity index (χ2n) is 5.85. The summed E-state index contributed by atoms with van der Waals surface area (Å²) in [7, 11) is -3.88. The molecule has 2 aromatic rings. The standard InChI is InChI=1S/C15H15ClN4O3S2/c1-9(21)20-8-11(10-4-2-3-5-12(10)20)18-25(22,23)14-13(16)17-15-19(14)6-7-24-15/h2-5,11,18H,6-8H2,1H3. The predicted octanol–water partition coefficient (Wildman–Crippen LogP) is 2.03. The van der Waals surface area contributed by atoms with E-state index < -0.39 is 16.1 Å². The molecule has 3 heterocycles. The number of carbonyl (C=O) groups is 1. The molecule has 10 heteroatoms. The van der Waals surface area contributed by atoms with E-state index in [0.29, 0.717) is 11.7 Å². The summed E-state index contributed by atoms with van der Waals surface area (Å²) < 4.78 is 30.2. The van der Waals surface area contributed by atoms with Crippen LogP contribution in [-0.4, -0.2) is 36.2 Å². The molecule has 0 fully saturated rings. The Morgan fingerprint density at radius 1 is 1.40 bits per heavy atom. The number of fused-ring (bicyclic) bond motifs is 2. The van der Waals surface area contributed by atoms with E-state index in [0.717, 1.165) is 17.0 Å². The topological polar surface area (TPSA) is 84.3 Å². The van der Waals surface area contributed by atoms with Crippen LogP contribution in [0.2, 0.25) is 5.15 Å². The molecule has 0 saturated heterocycles. The molecule has 0 spiro atoms. The fourth-order valence-corrected chi connectivity index (χ4v) is 6.20. The number of nitrogens with zero attached hydrogens (tertiary/aromatic N) is 3. The van der Waals surface area contributed by atoms with Crippen molar-refractivity contribution in [2.75, 3.05) is 17.2 Å². The minimum absolute atomic E-state index is 0.00655. The van der Waals surface area contributed by atoms with E-state index in [1.807, 2.05) is 24.3 Å². The van der Waals surface area contributed by atoms with Gasteiger partial charge in [0.2, 0.25) is 5.91 Å². The van der Waals surface area contributed by atoms with Gasteiger partial charge in [-0.2, -0.15) is 0 Å². The molecular weight excluding hydrogens is 384 g/mol. The van der Waals surface area contributed by atoms with Crippen LogP contribution >= 0.6 is 23.4 Å². The molecule has 7 nitrogen and oxygen atoms in total. The molecule has 0 bridgehead atoms. The molecule has 1 aromatic carbocycles. The van der Waals surface area contributed by atoms with Crippen molar-refractivity contribution < 1.29 is 13.2 Å². The lowest BCUT2D eigenvalue weighted by Gasteiger charge is -2.16. The SMILES string of the molecule is CC(=O)N1CC(NS(=O)(=O)c2c(Cl)nc3n2CCS3)c2ccccc21. The highest BCUT2D eigenvalue weighted by atomic mass is 35.5. The maximum Gasteiger partial charge on any atom is 0.260 e. The number of para-hydroxylation sites is 1. The van der Waals surface area contributed by atoms with E-state index in [1.54, 1.807) is 9.47 Å². The average Bonchev–Trinajstić information content (AvgIpc) is 3.20. The first-order chi connectivity index (χ1) is 11.9. The van der Waals surface area contributed by atoms with E-state index in [9.17, 15) is 13.2 Å². The summed E-state index contributed by atoms with van der Waals surface area (Å²) in [5.41, 5.74) is 1.50. The highest BCUT2D eigenvalue weighted by molar-refractivity contribution is 7.99. The van der Waals surface area contributed by atoms with Crippen molar-refractivity contribution in [1.82, 2.24) is 14.3 Å². The van der Waals surface area contributed by atoms with E-state index in [2.05, 4.69) is 9.71 Å². The third kappa shape index (κ3) is 2.75. The molecule has 1 N–H and O–H groups in total. The van der Waals surface area contributed by atoms with Crippen LogP contribution in [0.1, 0.15) is 18.5 Å². The van der Waals surface area contributed by atoms with Crippen molar-refractivity contribution in [3.8, 4) is 0 Å². The number of halogens is 1. The summed E-state index contributed by atoms with van der Waals surface area (Å²) in [5, 5.41) is 0.583. The van der Waals surface area contributed by atoms with Gasteiger partial charge in [0.1, 0.15) is 0 Å². The van der Waals surface area contributed by atoms with E-state index in [4.69, 9.17) is 11.6 Å². The number of aromatic nitrogens is 2. The average molecular weight is 399 g/mol. The Bertz CT molecular complexity index is 973. The van der Waals surface area contributed by atoms with E-state index >= 15 is 0 Å². The van der Waals surface area contributed by atoms with Crippen molar-refractivity contribution in [2.45, 2.75) is 29.7 Å². The molecule has 4 rings (SSSR count). The summed E-state index contributed by atoms with van der Waals surface area (Å²) in [6.45, 7) is 2.27. The van der Waals surface area contributed by atoms with Crippen molar-refractivity contribution in [1.29, 1.82) is 0 Å². The van der Waals surface area contributed by atoms with Crippen molar-refractivity contribution >= 4 is 45.0 Å². The Hall–Kier alpha value is -1.55. The third-order valence-corrected chi connectivity index (χ3v) is 7.14. The van der Waals surface area contributed by atoms with Gasteiger partial charge in [-0.1, -0.05) is 41.6 Å². The summed E-state index contributed by atoms with van der Waals surface area (Å²) >= 11 is 7.56. The lowest BCUT2D eigenvalue weighted by Crippen LogP contribution is -2.35. The maximum atomic E-state index is 12.9. The van der Waals surface area contributed by atoms with Crippen LogP contribution in [0.4, 0.5) is 5.69 Å². The second kappa shape index (κ2) is 6.01. The number of rotatable bonds is 3. The monoisotopic (exact) mass is 398 g/mol. The number of sulfonamides is 1. The lowest BCUT2D eigenvalue weighted by atomic mass is 10.1. The van der Waals surface area contributed by atoms with Gasteiger partial charge in [0, 0.05) is 31.5 Å². The molecule has 1 amide bonds. The molecule has 1 atom stereocenters. The summed E-state index contributed by atoms with van der Waals surface area (Å²) in [6, 6.07) is 6.75. The van der Waals surface area contributed by atoms with Crippen molar-refractivity contribution in [2.24, 2.45) is 0 Å². The minimum Gasteiger partial charge on any atom is -0.310 e. The highest BCUT2D eigenvalue weighted by Gasteiger charge is 2.36. The highest BCUT2D eigenvalue weighted by Crippen LogP contribution is 2.37. The molecule has 0 radical (unpaired) electrons. The molecule has 25 heavy (non-hydrogen) atoms. The molecule has 2 aliphatic heterocycles. The Kier molecular flexibility index (Phi) is 4.06. The number of amides is 1. The van der Waals surface area contributed by atoms with Crippen LogP contribution in [0.25, 0.3) is 0 Å². The van der Waals surface area contributed by atoms with Gasteiger partial charge in [-0.05, 0) is 11.6 Å². The number of benzene rings is 1. The Balaban J connectivity index is 1.70. The number of hydrogen-bond donors (Lipinski definition) is 1. The van der Waals surface area contributed by atoms with Crippen molar-refractivity contribution in [3.05, 3.63) is 35.0 Å². The van der Waals surface area contributed by atoms with Crippen LogP contribution in [-0.2, 0) is 21.4 Å². The largest absolute Gasteiger partial charge is 0.310 e. The third-order valence-electron chi connectivity index (χ3n) is 4.29. The van der Waals surface area contributed by atoms with Gasteiger partial charge in [-0.15, -0.1) is 0 Å². The van der Waals surface area contributed by atoms with Crippen LogP contribution in [0, 0.1) is 0 Å². The van der Waals surface area contributed by atoms with Crippen molar-refractivity contribution in [3.63, 3.8) is 0 Å². The van der Waals surface area contributed by atoms with Gasteiger partial charge < -0.3 is 9.47 Å². The van der Waals surface area contributed by atoms with Crippen LogP contribution < -0.4 is 9.62 Å². The van der Waals surface area contributed by atoms with Crippen LogP contribution in [0.15, 0.2) is 34.4 Å². The van der Waals surface area contributed by atoms with Gasteiger partial charge >= 0.3 is 0 Å². The fraction of sp³-hybridized carbons (Fsp3) is 0.333. The van der Waals surface area contributed by atoms with Gasteiger partial charge in [0.25, 0.3) is 10.0 Å². The maximum absolute atomic E-state index is 12.9. The van der Waals surface area contributed by atoms with Gasteiger partial charge in [-0.3, -0.25) is 4.79 Å². The first-order valence-corrected chi connectivity index (χ1v) is 10.5. The zero-order valence-corrected chi connectivity index (χ0v) is 15.7. The van der Waals surface area contributed by atoms with Gasteiger partial charge in [0.05, 0.1) is 6.04 Å². The minimum atomic E-state index is -3.88. The first-order valence-electron chi connectivity index (χ1n) is 7.66. The van der Waals surface area contributed by atoms with Crippen LogP contribution in [0.5, 0.6) is 0 Å². The normalized spacial score (nSPS) is 19.1. The van der Waals surface area contributed by atoms with E-state index in [1.165, 1.54) is 18.7 Å². The molecule has 0 saturated carbocycles. The Morgan fingerprint density at radius 3 is 2.92 bits per heavy atom. The fourth-order valence-electron chi connectivity index (χ4n) is 3.23. The number of carbonyl (C=O) groups excluding carboxylic acids is 1.